The van der Waals surface area contributed by atoms with Crippen LogP contribution in [0.25, 0.3) is 17.1 Å². The van der Waals surface area contributed by atoms with Gasteiger partial charge >= 0.3 is 0 Å². The summed E-state index contributed by atoms with van der Waals surface area (Å²) in [6.45, 7) is 4.05. The van der Waals surface area contributed by atoms with E-state index in [2.05, 4.69) is 20.5 Å². The van der Waals surface area contributed by atoms with Gasteiger partial charge in [0.2, 0.25) is 5.91 Å². The highest BCUT2D eigenvalue weighted by molar-refractivity contribution is 7.99. The minimum absolute atomic E-state index is 0.0602. The van der Waals surface area contributed by atoms with Crippen molar-refractivity contribution in [2.75, 3.05) is 11.1 Å². The number of hydrogen-bond donors (Lipinski definition) is 1. The molecule has 0 radical (unpaired) electrons. The van der Waals surface area contributed by atoms with E-state index in [1.54, 1.807) is 12.4 Å². The third-order valence-corrected chi connectivity index (χ3v) is 5.78. The van der Waals surface area contributed by atoms with Gasteiger partial charge in [-0.3, -0.25) is 14.3 Å². The van der Waals surface area contributed by atoms with Crippen molar-refractivity contribution in [1.29, 1.82) is 0 Å². The van der Waals surface area contributed by atoms with Gasteiger partial charge in [-0.2, -0.15) is 0 Å². The lowest BCUT2D eigenvalue weighted by atomic mass is 10.1. The Morgan fingerprint density at radius 1 is 1.00 bits per heavy atom. The summed E-state index contributed by atoms with van der Waals surface area (Å²) in [6, 6.07) is 12.6. The molecule has 2 heterocycles. The van der Waals surface area contributed by atoms with Crippen LogP contribution in [0.4, 0.5) is 14.5 Å². The van der Waals surface area contributed by atoms with E-state index in [9.17, 15) is 13.6 Å². The number of amides is 1. The van der Waals surface area contributed by atoms with Gasteiger partial charge in [-0.1, -0.05) is 17.8 Å². The normalized spacial score (nSPS) is 10.9. The highest BCUT2D eigenvalue weighted by Crippen LogP contribution is 2.29. The van der Waals surface area contributed by atoms with E-state index in [0.717, 1.165) is 52.3 Å². The molecule has 0 aliphatic carbocycles. The monoisotopic (exact) mass is 451 g/mol. The Morgan fingerprint density at radius 3 is 2.53 bits per heavy atom. The quantitative estimate of drug-likeness (QED) is 0.420. The largest absolute Gasteiger partial charge is 0.323 e. The standard InChI is InChI=1S/C23H19F2N5OS/c1-14-3-5-18(11-15(14)2)30-22(16-7-9-26-10-8-16)28-29-23(30)32-13-21(31)27-20-12-17(24)4-6-19(20)25/h3-12H,13H2,1-2H3,(H,27,31). The van der Waals surface area contributed by atoms with Gasteiger partial charge in [0.25, 0.3) is 0 Å². The van der Waals surface area contributed by atoms with E-state index in [-0.39, 0.29) is 11.4 Å². The molecule has 0 aliphatic rings. The molecule has 2 aromatic carbocycles. The smallest absolute Gasteiger partial charge is 0.234 e. The van der Waals surface area contributed by atoms with Crippen molar-refractivity contribution in [3.63, 3.8) is 0 Å². The predicted octanol–water partition coefficient (Wildman–Crippen LogP) is 4.96. The van der Waals surface area contributed by atoms with Gasteiger partial charge in [-0.25, -0.2) is 8.78 Å². The van der Waals surface area contributed by atoms with E-state index < -0.39 is 17.5 Å². The molecule has 0 atom stereocenters. The number of benzene rings is 2. The van der Waals surface area contributed by atoms with Crippen LogP contribution in [0.5, 0.6) is 0 Å². The number of hydrogen-bond acceptors (Lipinski definition) is 5. The maximum absolute atomic E-state index is 13.8. The fraction of sp³-hybridized carbons (Fsp3) is 0.130. The summed E-state index contributed by atoms with van der Waals surface area (Å²) >= 11 is 1.15. The molecule has 1 amide bonds. The first-order valence-corrected chi connectivity index (χ1v) is 10.7. The zero-order valence-corrected chi connectivity index (χ0v) is 18.2. The molecular weight excluding hydrogens is 432 g/mol. The van der Waals surface area contributed by atoms with Crippen LogP contribution in [0.2, 0.25) is 0 Å². The van der Waals surface area contributed by atoms with E-state index >= 15 is 0 Å². The first-order chi connectivity index (χ1) is 15.4. The van der Waals surface area contributed by atoms with Crippen LogP contribution in [0.3, 0.4) is 0 Å². The van der Waals surface area contributed by atoms with Gasteiger partial charge in [0.1, 0.15) is 11.6 Å². The summed E-state index contributed by atoms with van der Waals surface area (Å²) in [5, 5.41) is 11.5. The molecule has 6 nitrogen and oxygen atoms in total. The number of carbonyl (C=O) groups is 1. The first-order valence-electron chi connectivity index (χ1n) is 9.73. The molecule has 0 unspecified atom stereocenters. The third-order valence-electron chi connectivity index (χ3n) is 4.86. The minimum Gasteiger partial charge on any atom is -0.323 e. The lowest BCUT2D eigenvalue weighted by Crippen LogP contribution is -2.15. The minimum atomic E-state index is -0.706. The van der Waals surface area contributed by atoms with Crippen LogP contribution in [0.15, 0.2) is 66.1 Å². The molecule has 9 heteroatoms. The molecule has 0 saturated heterocycles. The van der Waals surface area contributed by atoms with Crippen LogP contribution in [-0.4, -0.2) is 31.4 Å². The summed E-state index contributed by atoms with van der Waals surface area (Å²) < 4.78 is 29.0. The number of pyridine rings is 1. The number of carbonyl (C=O) groups excluding carboxylic acids is 1. The van der Waals surface area contributed by atoms with Crippen molar-refractivity contribution in [3.8, 4) is 17.1 Å². The number of aromatic nitrogens is 4. The van der Waals surface area contributed by atoms with Crippen molar-refractivity contribution in [1.82, 2.24) is 19.7 Å². The number of nitrogens with one attached hydrogen (secondary N) is 1. The van der Waals surface area contributed by atoms with Crippen LogP contribution >= 0.6 is 11.8 Å². The Labute approximate surface area is 187 Å². The topological polar surface area (TPSA) is 72.7 Å². The number of anilines is 1. The van der Waals surface area contributed by atoms with E-state index in [4.69, 9.17) is 0 Å². The van der Waals surface area contributed by atoms with Crippen molar-refractivity contribution >= 4 is 23.4 Å². The number of aryl methyl sites for hydroxylation is 2. The highest BCUT2D eigenvalue weighted by Gasteiger charge is 2.18. The molecule has 0 bridgehead atoms. The van der Waals surface area contributed by atoms with Crippen molar-refractivity contribution < 1.29 is 13.6 Å². The average Bonchev–Trinajstić information content (AvgIpc) is 3.21. The number of rotatable bonds is 6. The van der Waals surface area contributed by atoms with Crippen molar-refractivity contribution in [2.24, 2.45) is 0 Å². The Hall–Kier alpha value is -3.59. The first kappa shape index (κ1) is 21.6. The predicted molar refractivity (Wildman–Crippen MR) is 120 cm³/mol. The second-order valence-corrected chi connectivity index (χ2v) is 8.05. The van der Waals surface area contributed by atoms with Crippen LogP contribution in [0.1, 0.15) is 11.1 Å². The highest BCUT2D eigenvalue weighted by atomic mass is 32.2. The lowest BCUT2D eigenvalue weighted by molar-refractivity contribution is -0.113. The van der Waals surface area contributed by atoms with E-state index in [1.165, 1.54) is 0 Å². The maximum atomic E-state index is 13.8. The molecule has 162 valence electrons. The molecule has 0 saturated carbocycles. The van der Waals surface area contributed by atoms with Gasteiger partial charge in [0.05, 0.1) is 17.1 Å². The lowest BCUT2D eigenvalue weighted by Gasteiger charge is -2.12. The van der Waals surface area contributed by atoms with Crippen LogP contribution in [0, 0.1) is 25.5 Å². The number of nitrogens with zero attached hydrogens (tertiary/aromatic N) is 4. The molecule has 0 spiro atoms. The fourth-order valence-corrected chi connectivity index (χ4v) is 3.81. The maximum Gasteiger partial charge on any atom is 0.234 e. The second kappa shape index (κ2) is 9.27. The molecule has 0 aliphatic heterocycles. The Morgan fingerprint density at radius 2 is 1.78 bits per heavy atom. The Bertz CT molecular complexity index is 1280. The van der Waals surface area contributed by atoms with Gasteiger partial charge in [-0.05, 0) is 61.4 Å². The number of halogens is 2. The summed E-state index contributed by atoms with van der Waals surface area (Å²) in [5.74, 6) is -1.28. The van der Waals surface area contributed by atoms with Gasteiger partial charge < -0.3 is 5.32 Å². The summed E-state index contributed by atoms with van der Waals surface area (Å²) in [5.41, 5.74) is 3.72. The average molecular weight is 452 g/mol. The second-order valence-electron chi connectivity index (χ2n) is 7.11. The SMILES string of the molecule is Cc1ccc(-n2c(SCC(=O)Nc3cc(F)ccc3F)nnc2-c2ccncc2)cc1C. The molecule has 4 aromatic rings. The summed E-state index contributed by atoms with van der Waals surface area (Å²) in [4.78, 5) is 16.4. The molecule has 32 heavy (non-hydrogen) atoms. The zero-order chi connectivity index (χ0) is 22.7. The number of thioether (sulfide) groups is 1. The Balaban J connectivity index is 1.62. The Kier molecular flexibility index (Phi) is 6.27. The van der Waals surface area contributed by atoms with Crippen LogP contribution < -0.4 is 5.32 Å². The van der Waals surface area contributed by atoms with Crippen molar-refractivity contribution in [3.05, 3.63) is 83.7 Å². The summed E-state index contributed by atoms with van der Waals surface area (Å²) in [6.07, 6.45) is 3.34. The van der Waals surface area contributed by atoms with E-state index in [1.807, 2.05) is 48.7 Å². The molecule has 0 fully saturated rings. The molecule has 4 rings (SSSR count). The van der Waals surface area contributed by atoms with Crippen LogP contribution in [-0.2, 0) is 4.79 Å². The summed E-state index contributed by atoms with van der Waals surface area (Å²) in [7, 11) is 0. The molecular formula is C23H19F2N5OS. The van der Waals surface area contributed by atoms with Gasteiger partial charge in [0, 0.05) is 24.0 Å². The molecule has 1 N–H and O–H groups in total. The van der Waals surface area contributed by atoms with Gasteiger partial charge in [0.15, 0.2) is 11.0 Å². The van der Waals surface area contributed by atoms with E-state index in [0.29, 0.717) is 11.0 Å². The molecule has 2 aromatic heterocycles. The van der Waals surface area contributed by atoms with Gasteiger partial charge in [-0.15, -0.1) is 10.2 Å². The van der Waals surface area contributed by atoms with Crippen molar-refractivity contribution in [2.45, 2.75) is 19.0 Å². The zero-order valence-electron chi connectivity index (χ0n) is 17.3. The fourth-order valence-electron chi connectivity index (χ4n) is 3.06. The third kappa shape index (κ3) is 4.67.